The molecule has 38 rings (SSSR count). The van der Waals surface area contributed by atoms with Crippen LogP contribution in [0.5, 0.6) is 0 Å². The summed E-state index contributed by atoms with van der Waals surface area (Å²) in [6.07, 6.45) is 21.2. The highest BCUT2D eigenvalue weighted by Crippen LogP contribution is 2.74. The Balaban J connectivity index is 0.0000000958. The highest BCUT2D eigenvalue weighted by Gasteiger charge is 2.65. The third-order valence-corrected chi connectivity index (χ3v) is 39.8. The third-order valence-electron chi connectivity index (χ3n) is 38.7. The van der Waals surface area contributed by atoms with E-state index in [9.17, 15) is 0 Å². The fraction of sp³-hybridized carbons (Fsp3) is 0.217. The predicted molar refractivity (Wildman–Crippen MR) is 601 cm³/mol. The lowest BCUT2D eigenvalue weighted by molar-refractivity contribution is -0.0399. The van der Waals surface area contributed by atoms with E-state index in [2.05, 4.69) is 391 Å². The second-order valence-corrected chi connectivity index (χ2v) is 46.7. The van der Waals surface area contributed by atoms with Gasteiger partial charge in [0.1, 0.15) is 44.7 Å². The van der Waals surface area contributed by atoms with Crippen LogP contribution in [-0.4, -0.2) is 0 Å². The van der Waals surface area contributed by atoms with Crippen LogP contribution in [0.1, 0.15) is 130 Å². The van der Waals surface area contributed by atoms with Gasteiger partial charge in [-0.15, -0.1) is 11.3 Å². The third kappa shape index (κ3) is 12.0. The molecule has 5 aromatic heterocycles. The number of para-hydroxylation sites is 4. The molecule has 18 aromatic carbocycles. The van der Waals surface area contributed by atoms with E-state index in [4.69, 9.17) is 17.7 Å². The SMILES string of the molecule is c1ccc(-c2cccc(N(c3ccc4c(c3)-c3ccccc3C43C4CC5CC(C4)CC3C5)c3ccc4c(c3)oc3ccccc34)c2)cc1.c1ccc2c(c1)-c1cc(N(c3ccc4c(c3)oc3ccccc34)c3ccc4oc5ccccc5c4c3)ccc1C21C2CC3CC(C2)CC1C3.c1ccc2c(c1)-c1cc(N(c3ccc4c(c3)oc3ccccc34)c3ccc4sc5ccccc5c4c3)ccc1C21C2CC3CC(C2)CC1C3. The van der Waals surface area contributed by atoms with Crippen molar-refractivity contribution in [1.82, 2.24) is 0 Å². The van der Waals surface area contributed by atoms with Crippen molar-refractivity contribution in [3.05, 3.63) is 428 Å². The average molecular weight is 1900 g/mol. The molecule has 12 fully saturated rings. The minimum atomic E-state index is 0.157. The first-order valence-electron chi connectivity index (χ1n) is 54.0. The minimum absolute atomic E-state index is 0.157. The quantitative estimate of drug-likeness (QED) is 0.135. The molecule has 0 aliphatic heterocycles. The molecular formula is C138H107N3O4S. The first kappa shape index (κ1) is 83.1. The number of benzene rings is 18. The van der Waals surface area contributed by atoms with E-state index in [1.807, 2.05) is 29.5 Å². The lowest BCUT2D eigenvalue weighted by Crippen LogP contribution is -2.55. The van der Waals surface area contributed by atoms with Crippen LogP contribution in [0.15, 0.2) is 412 Å². The van der Waals surface area contributed by atoms with Crippen molar-refractivity contribution in [3.63, 3.8) is 0 Å². The Kier molecular flexibility index (Phi) is 17.9. The van der Waals surface area contributed by atoms with Crippen molar-refractivity contribution in [2.75, 3.05) is 14.7 Å². The van der Waals surface area contributed by atoms with E-state index < -0.39 is 0 Å². The Hall–Kier alpha value is -15.2. The lowest BCUT2D eigenvalue weighted by Gasteiger charge is -2.61. The monoisotopic (exact) mass is 1900 g/mol. The van der Waals surface area contributed by atoms with E-state index in [1.54, 1.807) is 33.4 Å². The van der Waals surface area contributed by atoms with Gasteiger partial charge in [-0.05, 0) is 397 Å². The van der Waals surface area contributed by atoms with Crippen LogP contribution in [-0.2, 0) is 16.2 Å². The molecule has 12 saturated carbocycles. The normalized spacial score (nSPS) is 24.8. The molecule has 0 N–H and O–H groups in total. The summed E-state index contributed by atoms with van der Waals surface area (Å²) in [5, 5.41) is 11.8. The zero-order chi connectivity index (χ0) is 95.1. The predicted octanol–water partition coefficient (Wildman–Crippen LogP) is 38.3. The maximum atomic E-state index is 6.46. The molecule has 15 aliphatic rings. The fourth-order valence-electron chi connectivity index (χ4n) is 33.9. The number of furan rings is 4. The van der Waals surface area contributed by atoms with Crippen LogP contribution in [0.4, 0.5) is 51.2 Å². The summed E-state index contributed by atoms with van der Waals surface area (Å²) in [6, 6.07) is 146. The largest absolute Gasteiger partial charge is 0.456 e. The van der Waals surface area contributed by atoms with Gasteiger partial charge in [-0.3, -0.25) is 0 Å². The van der Waals surface area contributed by atoms with Gasteiger partial charge >= 0.3 is 0 Å². The molecule has 0 saturated heterocycles. The second kappa shape index (κ2) is 31.4. The van der Waals surface area contributed by atoms with Crippen LogP contribution in [0.25, 0.3) is 152 Å². The van der Waals surface area contributed by atoms with Gasteiger partial charge in [0.05, 0.1) is 0 Å². The molecule has 5 heterocycles. The maximum absolute atomic E-state index is 6.46. The smallest absolute Gasteiger partial charge is 0.137 e. The number of hydrogen-bond donors (Lipinski definition) is 0. The Bertz CT molecular complexity index is 8950. The highest BCUT2D eigenvalue weighted by atomic mass is 32.1. The van der Waals surface area contributed by atoms with Crippen LogP contribution < -0.4 is 14.7 Å². The van der Waals surface area contributed by atoms with Crippen molar-refractivity contribution in [2.24, 2.45) is 71.0 Å². The summed E-state index contributed by atoms with van der Waals surface area (Å²) in [6.45, 7) is 0. The zero-order valence-electron chi connectivity index (χ0n) is 81.4. The molecule has 0 atom stereocenters. The molecule has 23 aromatic rings. The Morgan fingerprint density at radius 2 is 0.445 bits per heavy atom. The van der Waals surface area contributed by atoms with E-state index in [0.29, 0.717) is 0 Å². The van der Waals surface area contributed by atoms with Gasteiger partial charge in [0, 0.05) is 149 Å². The summed E-state index contributed by atoms with van der Waals surface area (Å²) in [5.41, 5.74) is 38.7. The molecule has 0 amide bonds. The summed E-state index contributed by atoms with van der Waals surface area (Å²) >= 11 is 1.88. The molecule has 7 nitrogen and oxygen atoms in total. The van der Waals surface area contributed by atoms with E-state index in [0.717, 1.165) is 193 Å². The van der Waals surface area contributed by atoms with Crippen molar-refractivity contribution in [1.29, 1.82) is 0 Å². The van der Waals surface area contributed by atoms with Crippen LogP contribution in [0, 0.1) is 71.0 Å². The molecular weight excluding hydrogens is 1800 g/mol. The standard InChI is InChI=1S/C46H35NO2.C46H35NOS.C46H37NO/c1-4-10-40-34(7-1)38-24-31(14-17-41(38)46(40)29-20-27-19-28(22-29)23-30(46)21-27)47(32-15-18-44-39(25-32)36-9-3-6-12-43(36)48-44)33-13-16-37-35-8-2-5-11-42(35)49-45(37)26-33;1-4-10-40-34(7-1)38-24-31(14-17-41(38)46(40)29-20-27-19-28(22-29)23-30(46)21-27)47(32-15-18-45-39(25-32)37-9-3-6-12-44(37)49-45)33-13-16-36-35-8-2-5-11-42(35)48-43(36)26-33;1-2-9-31(10-3-1)32-11-8-12-35(26-32)47(37-17-19-40-39-14-5-7-16-44(39)48-45(40)28-37)36-18-20-43-41(27-36)38-13-4-6-15-42(38)46(43)33-22-29-21-30(24-33)25-34(46)23-29/h2*1-18,24-30H,19-23H2;1-20,26-30,33-34H,21-25H2. The van der Waals surface area contributed by atoms with Gasteiger partial charge in [0.25, 0.3) is 0 Å². The molecule has 146 heavy (non-hydrogen) atoms. The first-order valence-corrected chi connectivity index (χ1v) is 54.9. The summed E-state index contributed by atoms with van der Waals surface area (Å²) in [7, 11) is 0. The molecule has 12 bridgehead atoms. The Morgan fingerprint density at radius 1 is 0.171 bits per heavy atom. The van der Waals surface area contributed by atoms with E-state index >= 15 is 0 Å². The number of nitrogens with zero attached hydrogens (tertiary/aromatic N) is 3. The average Bonchev–Trinajstić information content (AvgIpc) is 1.48. The van der Waals surface area contributed by atoms with Crippen LogP contribution >= 0.6 is 11.3 Å². The summed E-state index contributed by atoms with van der Waals surface area (Å²) in [5.74, 6) is 10.2. The van der Waals surface area contributed by atoms with Crippen LogP contribution in [0.3, 0.4) is 0 Å². The summed E-state index contributed by atoms with van der Waals surface area (Å²) < 4.78 is 28.2. The molecule has 8 heteroatoms. The van der Waals surface area contributed by atoms with Gasteiger partial charge in [-0.2, -0.15) is 0 Å². The van der Waals surface area contributed by atoms with Crippen molar-refractivity contribution in [2.45, 2.75) is 113 Å². The Labute approximate surface area is 852 Å². The summed E-state index contributed by atoms with van der Waals surface area (Å²) in [4.78, 5) is 7.31. The van der Waals surface area contributed by atoms with Crippen molar-refractivity contribution >= 4 is 170 Å². The van der Waals surface area contributed by atoms with E-state index in [1.165, 1.54) is 178 Å². The topological polar surface area (TPSA) is 62.3 Å². The minimum Gasteiger partial charge on any atom is -0.456 e. The zero-order valence-corrected chi connectivity index (χ0v) is 82.3. The maximum Gasteiger partial charge on any atom is 0.137 e. The highest BCUT2D eigenvalue weighted by molar-refractivity contribution is 7.25. The Morgan fingerprint density at radius 3 is 0.856 bits per heavy atom. The number of anilines is 9. The first-order chi connectivity index (χ1) is 72.2. The number of fused-ring (bicyclic) bond motifs is 24. The fourth-order valence-corrected chi connectivity index (χ4v) is 35.0. The van der Waals surface area contributed by atoms with Crippen LogP contribution in [0.2, 0.25) is 0 Å². The number of hydrogen-bond acceptors (Lipinski definition) is 8. The molecule has 0 unspecified atom stereocenters. The van der Waals surface area contributed by atoms with Gasteiger partial charge in [0.2, 0.25) is 0 Å². The van der Waals surface area contributed by atoms with Gasteiger partial charge in [0.15, 0.2) is 0 Å². The molecule has 704 valence electrons. The van der Waals surface area contributed by atoms with Gasteiger partial charge < -0.3 is 32.4 Å². The molecule has 0 radical (unpaired) electrons. The van der Waals surface area contributed by atoms with Crippen molar-refractivity contribution < 1.29 is 17.7 Å². The van der Waals surface area contributed by atoms with Gasteiger partial charge in [-0.1, -0.05) is 224 Å². The number of rotatable bonds is 10. The van der Waals surface area contributed by atoms with Crippen molar-refractivity contribution in [3.8, 4) is 44.5 Å². The molecule has 3 spiro atoms. The van der Waals surface area contributed by atoms with Gasteiger partial charge in [-0.25, -0.2) is 0 Å². The van der Waals surface area contributed by atoms with E-state index in [-0.39, 0.29) is 16.2 Å². The lowest BCUT2D eigenvalue weighted by atomic mass is 9.43. The molecule has 15 aliphatic carbocycles. The second-order valence-electron chi connectivity index (χ2n) is 45.7. The number of thiophene rings is 1.